The molecule has 172 valence electrons. The number of benzene rings is 3. The summed E-state index contributed by atoms with van der Waals surface area (Å²) in [7, 11) is 0. The van der Waals surface area contributed by atoms with Gasteiger partial charge in [0.15, 0.2) is 0 Å². The Morgan fingerprint density at radius 1 is 0.971 bits per heavy atom. The molecule has 6 heteroatoms. The molecular formula is C28H27N3O3. The fourth-order valence-electron chi connectivity index (χ4n) is 4.51. The van der Waals surface area contributed by atoms with Crippen molar-refractivity contribution < 1.29 is 9.53 Å². The molecule has 6 nitrogen and oxygen atoms in total. The molecular weight excluding hydrogens is 426 g/mol. The second-order valence-electron chi connectivity index (χ2n) is 8.53. The molecule has 34 heavy (non-hydrogen) atoms. The van der Waals surface area contributed by atoms with Crippen LogP contribution < -0.4 is 15.6 Å². The van der Waals surface area contributed by atoms with Crippen molar-refractivity contribution in [3.05, 3.63) is 106 Å². The highest BCUT2D eigenvalue weighted by molar-refractivity contribution is 5.77. The van der Waals surface area contributed by atoms with E-state index < -0.39 is 0 Å². The zero-order chi connectivity index (χ0) is 23.3. The molecule has 0 spiro atoms. The monoisotopic (exact) mass is 453 g/mol. The van der Waals surface area contributed by atoms with Gasteiger partial charge in [-0.05, 0) is 30.2 Å². The van der Waals surface area contributed by atoms with Crippen LogP contribution in [-0.4, -0.2) is 22.1 Å². The number of nitrogens with zero attached hydrogens (tertiary/aromatic N) is 2. The Bertz CT molecular complexity index is 1360. The van der Waals surface area contributed by atoms with Crippen molar-refractivity contribution in [2.45, 2.75) is 38.3 Å². The molecule has 4 aromatic rings. The zero-order valence-electron chi connectivity index (χ0n) is 18.9. The van der Waals surface area contributed by atoms with Gasteiger partial charge in [-0.2, -0.15) is 0 Å². The third kappa shape index (κ3) is 4.71. The van der Waals surface area contributed by atoms with Gasteiger partial charge < -0.3 is 14.6 Å². The van der Waals surface area contributed by atoms with E-state index in [2.05, 4.69) is 22.4 Å². The van der Waals surface area contributed by atoms with Gasteiger partial charge >= 0.3 is 0 Å². The third-order valence-electron chi connectivity index (χ3n) is 6.27. The number of hydrogen-bond acceptors (Lipinski definition) is 4. The Balaban J connectivity index is 1.32. The van der Waals surface area contributed by atoms with Crippen LogP contribution in [0.2, 0.25) is 0 Å². The SMILES string of the molecule is O=C(CCc1nc2ccccc2n(CCc2ccccc2)c1=O)NC1CCOc2ccccc21. The Hall–Kier alpha value is -3.93. The summed E-state index contributed by atoms with van der Waals surface area (Å²) < 4.78 is 7.47. The van der Waals surface area contributed by atoms with Gasteiger partial charge in [0.1, 0.15) is 11.4 Å². The van der Waals surface area contributed by atoms with Gasteiger partial charge in [0, 0.05) is 31.4 Å². The first-order valence-corrected chi connectivity index (χ1v) is 11.7. The van der Waals surface area contributed by atoms with Crippen molar-refractivity contribution in [2.24, 2.45) is 0 Å². The molecule has 1 N–H and O–H groups in total. The molecule has 0 saturated heterocycles. The third-order valence-corrected chi connectivity index (χ3v) is 6.27. The van der Waals surface area contributed by atoms with Crippen LogP contribution >= 0.6 is 0 Å². The van der Waals surface area contributed by atoms with Crippen molar-refractivity contribution in [2.75, 3.05) is 6.61 Å². The van der Waals surface area contributed by atoms with Crippen LogP contribution in [0.1, 0.15) is 35.7 Å². The normalized spacial score (nSPS) is 14.9. The summed E-state index contributed by atoms with van der Waals surface area (Å²) >= 11 is 0. The molecule has 0 saturated carbocycles. The fraction of sp³-hybridized carbons (Fsp3) is 0.250. The van der Waals surface area contributed by atoms with E-state index >= 15 is 0 Å². The number of aromatic nitrogens is 2. The summed E-state index contributed by atoms with van der Waals surface area (Å²) in [5.41, 5.74) is 4.05. The predicted octanol–water partition coefficient (Wildman–Crippen LogP) is 4.21. The number of amides is 1. The Kier molecular flexibility index (Phi) is 6.38. The zero-order valence-corrected chi connectivity index (χ0v) is 18.9. The lowest BCUT2D eigenvalue weighted by molar-refractivity contribution is -0.122. The molecule has 0 radical (unpaired) electrons. The van der Waals surface area contributed by atoms with Crippen LogP contribution in [0.25, 0.3) is 11.0 Å². The predicted molar refractivity (Wildman–Crippen MR) is 132 cm³/mol. The molecule has 0 fully saturated rings. The second-order valence-corrected chi connectivity index (χ2v) is 8.53. The summed E-state index contributed by atoms with van der Waals surface area (Å²) in [5.74, 6) is 0.725. The first-order valence-electron chi connectivity index (χ1n) is 11.7. The molecule has 0 aliphatic carbocycles. The molecule has 1 atom stereocenters. The van der Waals surface area contributed by atoms with E-state index in [4.69, 9.17) is 4.74 Å². The molecule has 1 aliphatic heterocycles. The van der Waals surface area contributed by atoms with Gasteiger partial charge in [-0.1, -0.05) is 60.7 Å². The number of carbonyl (C=O) groups excluding carboxylic acids is 1. The summed E-state index contributed by atoms with van der Waals surface area (Å²) in [4.78, 5) is 30.7. The highest BCUT2D eigenvalue weighted by Gasteiger charge is 2.23. The molecule has 3 aromatic carbocycles. The minimum absolute atomic E-state index is 0.0791. The lowest BCUT2D eigenvalue weighted by atomic mass is 10.0. The minimum atomic E-state index is -0.126. The molecule has 1 aromatic heterocycles. The van der Waals surface area contributed by atoms with Gasteiger partial charge in [0.25, 0.3) is 5.56 Å². The fourth-order valence-corrected chi connectivity index (χ4v) is 4.51. The Morgan fingerprint density at radius 2 is 1.74 bits per heavy atom. The highest BCUT2D eigenvalue weighted by Crippen LogP contribution is 2.31. The van der Waals surface area contributed by atoms with Crippen molar-refractivity contribution in [1.82, 2.24) is 14.9 Å². The number of nitrogens with one attached hydrogen (secondary N) is 1. The Labute approximate surface area is 198 Å². The largest absolute Gasteiger partial charge is 0.493 e. The van der Waals surface area contributed by atoms with Crippen LogP contribution in [-0.2, 0) is 24.2 Å². The minimum Gasteiger partial charge on any atom is -0.493 e. The number of fused-ring (bicyclic) bond motifs is 2. The average Bonchev–Trinajstić information content (AvgIpc) is 2.88. The number of hydrogen-bond donors (Lipinski definition) is 1. The summed E-state index contributed by atoms with van der Waals surface area (Å²) in [6, 6.07) is 25.5. The van der Waals surface area contributed by atoms with Crippen LogP contribution in [0, 0.1) is 0 Å². The molecule has 5 rings (SSSR count). The maximum Gasteiger partial charge on any atom is 0.272 e. The average molecular weight is 454 g/mol. The maximum atomic E-state index is 13.3. The summed E-state index contributed by atoms with van der Waals surface area (Å²) in [6.07, 6.45) is 1.98. The maximum absolute atomic E-state index is 13.3. The van der Waals surface area contributed by atoms with Crippen molar-refractivity contribution in [1.29, 1.82) is 0 Å². The van der Waals surface area contributed by atoms with Gasteiger partial charge in [0.05, 0.1) is 23.7 Å². The molecule has 0 bridgehead atoms. The van der Waals surface area contributed by atoms with Crippen molar-refractivity contribution in [3.63, 3.8) is 0 Å². The number of para-hydroxylation sites is 3. The van der Waals surface area contributed by atoms with Gasteiger partial charge in [-0.25, -0.2) is 4.98 Å². The van der Waals surface area contributed by atoms with E-state index in [1.807, 2.05) is 66.7 Å². The lowest BCUT2D eigenvalue weighted by Crippen LogP contribution is -2.33. The number of ether oxygens (including phenoxy) is 1. The van der Waals surface area contributed by atoms with E-state index in [1.165, 1.54) is 5.56 Å². The van der Waals surface area contributed by atoms with Crippen LogP contribution in [0.3, 0.4) is 0 Å². The quantitative estimate of drug-likeness (QED) is 0.455. The van der Waals surface area contributed by atoms with Crippen LogP contribution in [0.5, 0.6) is 5.75 Å². The molecule has 2 heterocycles. The van der Waals surface area contributed by atoms with Crippen LogP contribution in [0.15, 0.2) is 83.7 Å². The summed E-state index contributed by atoms with van der Waals surface area (Å²) in [6.45, 7) is 1.13. The highest BCUT2D eigenvalue weighted by atomic mass is 16.5. The van der Waals surface area contributed by atoms with Gasteiger partial charge in [0.2, 0.25) is 5.91 Å². The molecule has 1 unspecified atom stereocenters. The smallest absolute Gasteiger partial charge is 0.272 e. The lowest BCUT2D eigenvalue weighted by Gasteiger charge is -2.26. The number of rotatable bonds is 7. The van der Waals surface area contributed by atoms with Gasteiger partial charge in [-0.15, -0.1) is 0 Å². The van der Waals surface area contributed by atoms with E-state index in [9.17, 15) is 9.59 Å². The first-order chi connectivity index (χ1) is 16.7. The second kappa shape index (κ2) is 9.91. The van der Waals surface area contributed by atoms with Crippen molar-refractivity contribution >= 4 is 16.9 Å². The number of aryl methyl sites for hydroxylation is 3. The topological polar surface area (TPSA) is 73.2 Å². The number of carbonyl (C=O) groups is 1. The van der Waals surface area contributed by atoms with Crippen LogP contribution in [0.4, 0.5) is 0 Å². The first kappa shape index (κ1) is 21.9. The van der Waals surface area contributed by atoms with E-state index in [-0.39, 0.29) is 23.9 Å². The standard InChI is InChI=1S/C28H27N3O3/c32-27(30-22-17-19-34-26-13-7-4-10-21(22)26)15-14-24-28(33)31(18-16-20-8-2-1-3-9-20)25-12-6-5-11-23(25)29-24/h1-13,22H,14-19H2,(H,30,32). The molecule has 1 amide bonds. The van der Waals surface area contributed by atoms with E-state index in [1.54, 1.807) is 4.57 Å². The van der Waals surface area contributed by atoms with Gasteiger partial charge in [-0.3, -0.25) is 9.59 Å². The van der Waals surface area contributed by atoms with E-state index in [0.717, 1.165) is 35.2 Å². The van der Waals surface area contributed by atoms with Crippen molar-refractivity contribution in [3.8, 4) is 5.75 Å². The Morgan fingerprint density at radius 3 is 2.62 bits per heavy atom. The summed E-state index contributed by atoms with van der Waals surface area (Å²) in [5, 5.41) is 3.11. The van der Waals surface area contributed by atoms with E-state index in [0.29, 0.717) is 25.3 Å². The molecule has 1 aliphatic rings.